The highest BCUT2D eigenvalue weighted by Crippen LogP contribution is 2.20. The molecule has 0 saturated heterocycles. The summed E-state index contributed by atoms with van der Waals surface area (Å²) in [6.07, 6.45) is 4.59. The van der Waals surface area contributed by atoms with Crippen molar-refractivity contribution >= 4 is 0 Å². The summed E-state index contributed by atoms with van der Waals surface area (Å²) in [6, 6.07) is 2.87. The highest BCUT2D eigenvalue weighted by Gasteiger charge is 2.27. The number of hydrogen-bond donors (Lipinski definition) is 1. The van der Waals surface area contributed by atoms with Crippen LogP contribution >= 0.6 is 0 Å². The van der Waals surface area contributed by atoms with Crippen molar-refractivity contribution in [2.45, 2.75) is 58.7 Å². The maximum atomic E-state index is 9.29. The van der Waals surface area contributed by atoms with E-state index in [-0.39, 0.29) is 6.04 Å². The molecule has 0 amide bonds. The molecule has 0 aromatic carbocycles. The van der Waals surface area contributed by atoms with Crippen LogP contribution in [0.3, 0.4) is 0 Å². The number of nitrogens with one attached hydrogen (secondary N) is 1. The van der Waals surface area contributed by atoms with Crippen LogP contribution in [-0.4, -0.2) is 21.4 Å². The van der Waals surface area contributed by atoms with Crippen molar-refractivity contribution in [2.75, 3.05) is 0 Å². The first kappa shape index (κ1) is 13.7. The molecule has 0 fully saturated rings. The van der Waals surface area contributed by atoms with Gasteiger partial charge in [-0.1, -0.05) is 0 Å². The molecule has 0 aliphatic carbocycles. The highest BCUT2D eigenvalue weighted by molar-refractivity contribution is 5.07. The van der Waals surface area contributed by atoms with Gasteiger partial charge in [0.05, 0.1) is 18.3 Å². The lowest BCUT2D eigenvalue weighted by molar-refractivity contribution is 0.314. The van der Waals surface area contributed by atoms with E-state index in [0.29, 0.717) is 6.04 Å². The Balaban J connectivity index is 2.72. The van der Waals surface area contributed by atoms with E-state index in [1.807, 2.05) is 30.9 Å². The average Bonchev–Trinajstić information content (AvgIpc) is 2.63. The summed E-state index contributed by atoms with van der Waals surface area (Å²) in [7, 11) is 0. The third-order valence-electron chi connectivity index (χ3n) is 2.74. The minimum atomic E-state index is -0.507. The smallest absolute Gasteiger partial charge is 0.106 e. The van der Waals surface area contributed by atoms with Gasteiger partial charge in [-0.05, 0) is 40.2 Å². The molecule has 0 aliphatic heterocycles. The Labute approximate surface area is 104 Å². The van der Waals surface area contributed by atoms with Crippen LogP contribution in [0.15, 0.2) is 12.4 Å². The van der Waals surface area contributed by atoms with Gasteiger partial charge in [0, 0.05) is 18.7 Å². The van der Waals surface area contributed by atoms with Crippen molar-refractivity contribution < 1.29 is 0 Å². The molecule has 1 aromatic rings. The first-order valence-electron chi connectivity index (χ1n) is 6.06. The number of nitrogens with zero attached hydrogens (tertiary/aromatic N) is 3. The van der Waals surface area contributed by atoms with E-state index >= 15 is 0 Å². The summed E-state index contributed by atoms with van der Waals surface area (Å²) < 4.78 is 1.92. The summed E-state index contributed by atoms with van der Waals surface area (Å²) in [4.78, 5) is 0. The van der Waals surface area contributed by atoms with E-state index in [9.17, 15) is 5.26 Å². The molecule has 1 aromatic heterocycles. The Morgan fingerprint density at radius 1 is 1.53 bits per heavy atom. The Morgan fingerprint density at radius 3 is 2.59 bits per heavy atom. The number of aromatic nitrogens is 2. The van der Waals surface area contributed by atoms with E-state index in [1.165, 1.54) is 0 Å². The molecule has 0 radical (unpaired) electrons. The minimum absolute atomic E-state index is 0.208. The Kier molecular flexibility index (Phi) is 4.30. The van der Waals surface area contributed by atoms with Crippen LogP contribution in [0.2, 0.25) is 0 Å². The molecule has 1 heterocycles. The molecule has 4 nitrogen and oxygen atoms in total. The monoisotopic (exact) mass is 234 g/mol. The lowest BCUT2D eigenvalue weighted by Gasteiger charge is -2.28. The lowest BCUT2D eigenvalue weighted by Crippen LogP contribution is -2.46. The normalized spacial score (nSPS) is 16.5. The molecule has 0 spiro atoms. The van der Waals surface area contributed by atoms with Gasteiger partial charge in [0.1, 0.15) is 5.54 Å². The number of hydrogen-bond acceptors (Lipinski definition) is 3. The maximum absolute atomic E-state index is 9.29. The van der Waals surface area contributed by atoms with Crippen molar-refractivity contribution in [3.63, 3.8) is 0 Å². The largest absolute Gasteiger partial charge is 0.297 e. The second-order valence-electron chi connectivity index (χ2n) is 5.29. The summed E-state index contributed by atoms with van der Waals surface area (Å²) in [5, 5.41) is 16.9. The van der Waals surface area contributed by atoms with Crippen LogP contribution in [0, 0.1) is 18.3 Å². The zero-order chi connectivity index (χ0) is 13.1. The number of rotatable bonds is 5. The van der Waals surface area contributed by atoms with Crippen molar-refractivity contribution in [1.29, 1.82) is 5.26 Å². The van der Waals surface area contributed by atoms with Crippen LogP contribution in [-0.2, 0) is 0 Å². The molecule has 2 unspecified atom stereocenters. The van der Waals surface area contributed by atoms with E-state index in [4.69, 9.17) is 0 Å². The quantitative estimate of drug-likeness (QED) is 0.851. The van der Waals surface area contributed by atoms with Crippen molar-refractivity contribution in [2.24, 2.45) is 0 Å². The third kappa shape index (κ3) is 3.86. The molecule has 94 valence electrons. The summed E-state index contributed by atoms with van der Waals surface area (Å²) in [5.74, 6) is 0. The van der Waals surface area contributed by atoms with E-state index < -0.39 is 5.54 Å². The number of aryl methyl sites for hydroxylation is 1. The van der Waals surface area contributed by atoms with Crippen molar-refractivity contribution in [3.05, 3.63) is 18.0 Å². The van der Waals surface area contributed by atoms with Gasteiger partial charge in [-0.3, -0.25) is 10.00 Å². The first-order valence-corrected chi connectivity index (χ1v) is 6.06. The van der Waals surface area contributed by atoms with Gasteiger partial charge in [0.25, 0.3) is 0 Å². The molecular weight excluding hydrogens is 212 g/mol. The molecular formula is C13H22N4. The van der Waals surface area contributed by atoms with Gasteiger partial charge < -0.3 is 0 Å². The standard InChI is InChI=1S/C13H22N4/c1-10(2)16-13(5,9-14)6-12(4)17-8-11(3)7-15-17/h7-8,10,12,16H,6H2,1-5H3. The van der Waals surface area contributed by atoms with Gasteiger partial charge >= 0.3 is 0 Å². The van der Waals surface area contributed by atoms with Gasteiger partial charge in [0.2, 0.25) is 0 Å². The van der Waals surface area contributed by atoms with Crippen LogP contribution in [0.1, 0.15) is 45.7 Å². The molecule has 17 heavy (non-hydrogen) atoms. The van der Waals surface area contributed by atoms with Crippen LogP contribution in [0.5, 0.6) is 0 Å². The summed E-state index contributed by atoms with van der Waals surface area (Å²) >= 11 is 0. The highest BCUT2D eigenvalue weighted by atomic mass is 15.3. The summed E-state index contributed by atoms with van der Waals surface area (Å²) in [5.41, 5.74) is 0.639. The third-order valence-corrected chi connectivity index (χ3v) is 2.74. The van der Waals surface area contributed by atoms with Crippen molar-refractivity contribution in [3.8, 4) is 6.07 Å². The Morgan fingerprint density at radius 2 is 2.18 bits per heavy atom. The topological polar surface area (TPSA) is 53.6 Å². The zero-order valence-electron chi connectivity index (χ0n) is 11.4. The molecule has 0 saturated carbocycles. The molecule has 2 atom stereocenters. The average molecular weight is 234 g/mol. The molecule has 1 rings (SSSR count). The summed E-state index contributed by atoms with van der Waals surface area (Å²) in [6.45, 7) is 10.2. The van der Waals surface area contributed by atoms with E-state index in [0.717, 1.165) is 12.0 Å². The van der Waals surface area contributed by atoms with Gasteiger partial charge in [-0.25, -0.2) is 0 Å². The maximum Gasteiger partial charge on any atom is 0.106 e. The fourth-order valence-corrected chi connectivity index (χ4v) is 2.13. The van der Waals surface area contributed by atoms with Crippen LogP contribution < -0.4 is 5.32 Å². The molecule has 1 N–H and O–H groups in total. The van der Waals surface area contributed by atoms with Gasteiger partial charge in [-0.2, -0.15) is 10.4 Å². The van der Waals surface area contributed by atoms with Gasteiger partial charge in [0.15, 0.2) is 0 Å². The van der Waals surface area contributed by atoms with Crippen molar-refractivity contribution in [1.82, 2.24) is 15.1 Å². The predicted molar refractivity (Wildman–Crippen MR) is 68.6 cm³/mol. The minimum Gasteiger partial charge on any atom is -0.297 e. The molecule has 0 aliphatic rings. The predicted octanol–water partition coefficient (Wildman–Crippen LogP) is 2.42. The molecule has 4 heteroatoms. The Bertz CT molecular complexity index is 402. The van der Waals surface area contributed by atoms with Crippen LogP contribution in [0.4, 0.5) is 0 Å². The second-order valence-corrected chi connectivity index (χ2v) is 5.29. The fraction of sp³-hybridized carbons (Fsp3) is 0.692. The second kappa shape index (κ2) is 5.33. The lowest BCUT2D eigenvalue weighted by atomic mass is 9.94. The zero-order valence-corrected chi connectivity index (χ0v) is 11.4. The SMILES string of the molecule is Cc1cnn(C(C)CC(C)(C#N)NC(C)C)c1. The van der Waals surface area contributed by atoms with E-state index in [2.05, 4.69) is 37.3 Å². The van der Waals surface area contributed by atoms with Gasteiger partial charge in [-0.15, -0.1) is 0 Å². The first-order chi connectivity index (χ1) is 7.86. The molecule has 0 bridgehead atoms. The van der Waals surface area contributed by atoms with Crippen LogP contribution in [0.25, 0.3) is 0 Å². The van der Waals surface area contributed by atoms with E-state index in [1.54, 1.807) is 0 Å². The fourth-order valence-electron chi connectivity index (χ4n) is 2.13. The number of nitriles is 1. The Hall–Kier alpha value is -1.34.